The molecular formula is C18H14O3. The third kappa shape index (κ3) is 2.11. The Kier molecular flexibility index (Phi) is 2.78. The molecule has 0 aliphatic heterocycles. The lowest BCUT2D eigenvalue weighted by atomic mass is 9.86. The molecule has 3 heteroatoms. The van der Waals surface area contributed by atoms with Gasteiger partial charge in [0, 0.05) is 24.3 Å². The summed E-state index contributed by atoms with van der Waals surface area (Å²) in [5, 5.41) is 0. The van der Waals surface area contributed by atoms with E-state index in [0.717, 1.165) is 28.4 Å². The van der Waals surface area contributed by atoms with Crippen LogP contribution in [0.25, 0.3) is 11.3 Å². The van der Waals surface area contributed by atoms with E-state index in [4.69, 9.17) is 8.83 Å². The van der Waals surface area contributed by atoms with Crippen molar-refractivity contribution < 1.29 is 13.6 Å². The van der Waals surface area contributed by atoms with Gasteiger partial charge in [0.05, 0.1) is 11.8 Å². The van der Waals surface area contributed by atoms with Gasteiger partial charge in [-0.15, -0.1) is 0 Å². The smallest absolute Gasteiger partial charge is 0.167 e. The van der Waals surface area contributed by atoms with Crippen molar-refractivity contribution in [2.45, 2.75) is 18.8 Å². The highest BCUT2D eigenvalue weighted by Crippen LogP contribution is 2.36. The Morgan fingerprint density at radius 3 is 2.62 bits per heavy atom. The van der Waals surface area contributed by atoms with Crippen LogP contribution in [0.4, 0.5) is 0 Å². The largest absolute Gasteiger partial charge is 0.469 e. The van der Waals surface area contributed by atoms with Gasteiger partial charge < -0.3 is 8.83 Å². The zero-order chi connectivity index (χ0) is 14.2. The second-order valence-electron chi connectivity index (χ2n) is 5.36. The van der Waals surface area contributed by atoms with Gasteiger partial charge in [-0.3, -0.25) is 4.79 Å². The standard InChI is InChI=1S/C18H14O3/c19-15-9-13(16-7-4-8-20-16)10-18-14(15)11-17(21-18)12-5-2-1-3-6-12/h1-8,11,13H,9-10H2. The Hall–Kier alpha value is -2.55. The summed E-state index contributed by atoms with van der Waals surface area (Å²) in [6, 6.07) is 15.5. The Bertz CT molecular complexity index is 766. The molecule has 4 rings (SSSR count). The lowest BCUT2D eigenvalue weighted by Gasteiger charge is -2.17. The topological polar surface area (TPSA) is 43.4 Å². The molecule has 1 aliphatic carbocycles. The van der Waals surface area contributed by atoms with Crippen LogP contribution in [0.5, 0.6) is 0 Å². The van der Waals surface area contributed by atoms with Crippen molar-refractivity contribution in [1.29, 1.82) is 0 Å². The molecule has 0 saturated carbocycles. The molecule has 1 atom stereocenters. The Labute approximate surface area is 122 Å². The zero-order valence-corrected chi connectivity index (χ0v) is 11.4. The van der Waals surface area contributed by atoms with E-state index in [1.54, 1.807) is 6.26 Å². The van der Waals surface area contributed by atoms with Crippen LogP contribution >= 0.6 is 0 Å². The number of hydrogen-bond acceptors (Lipinski definition) is 3. The molecule has 1 aromatic carbocycles. The molecule has 0 radical (unpaired) electrons. The van der Waals surface area contributed by atoms with Crippen LogP contribution in [-0.4, -0.2) is 5.78 Å². The zero-order valence-electron chi connectivity index (χ0n) is 11.4. The van der Waals surface area contributed by atoms with Crippen molar-refractivity contribution in [1.82, 2.24) is 0 Å². The van der Waals surface area contributed by atoms with Crippen LogP contribution < -0.4 is 0 Å². The number of Topliss-reactive ketones (excluding diaryl/α,β-unsaturated/α-hetero) is 1. The highest BCUT2D eigenvalue weighted by molar-refractivity contribution is 5.99. The SMILES string of the molecule is O=C1CC(c2ccco2)Cc2oc(-c3ccccc3)cc21. The van der Waals surface area contributed by atoms with Crippen LogP contribution in [0.2, 0.25) is 0 Å². The fourth-order valence-electron chi connectivity index (χ4n) is 2.92. The molecule has 21 heavy (non-hydrogen) atoms. The summed E-state index contributed by atoms with van der Waals surface area (Å²) in [7, 11) is 0. The minimum Gasteiger partial charge on any atom is -0.469 e. The lowest BCUT2D eigenvalue weighted by Crippen LogP contribution is -2.16. The molecule has 0 saturated heterocycles. The van der Waals surface area contributed by atoms with Gasteiger partial charge in [-0.1, -0.05) is 30.3 Å². The number of fused-ring (bicyclic) bond motifs is 1. The van der Waals surface area contributed by atoms with Gasteiger partial charge in [0.2, 0.25) is 0 Å². The van der Waals surface area contributed by atoms with E-state index in [1.165, 1.54) is 0 Å². The number of furan rings is 2. The van der Waals surface area contributed by atoms with Crippen molar-refractivity contribution in [2.24, 2.45) is 0 Å². The maximum absolute atomic E-state index is 12.3. The molecule has 0 N–H and O–H groups in total. The van der Waals surface area contributed by atoms with Gasteiger partial charge in [-0.05, 0) is 18.2 Å². The number of rotatable bonds is 2. The number of benzene rings is 1. The minimum absolute atomic E-state index is 0.0785. The number of carbonyl (C=O) groups excluding carboxylic acids is 1. The quantitative estimate of drug-likeness (QED) is 0.695. The third-order valence-electron chi connectivity index (χ3n) is 3.98. The summed E-state index contributed by atoms with van der Waals surface area (Å²) in [4.78, 5) is 12.3. The van der Waals surface area contributed by atoms with Crippen LogP contribution in [0.3, 0.4) is 0 Å². The first kappa shape index (κ1) is 12.2. The molecule has 104 valence electrons. The molecule has 2 aromatic heterocycles. The van der Waals surface area contributed by atoms with Crippen molar-refractivity contribution in [3.8, 4) is 11.3 Å². The van der Waals surface area contributed by atoms with Crippen LogP contribution in [0.1, 0.15) is 34.2 Å². The van der Waals surface area contributed by atoms with Crippen molar-refractivity contribution in [2.75, 3.05) is 0 Å². The molecule has 1 unspecified atom stereocenters. The molecule has 3 aromatic rings. The van der Waals surface area contributed by atoms with E-state index < -0.39 is 0 Å². The number of hydrogen-bond donors (Lipinski definition) is 0. The van der Waals surface area contributed by atoms with E-state index in [9.17, 15) is 4.79 Å². The van der Waals surface area contributed by atoms with Crippen LogP contribution in [-0.2, 0) is 6.42 Å². The molecule has 1 aliphatic rings. The third-order valence-corrected chi connectivity index (χ3v) is 3.98. The Morgan fingerprint density at radius 1 is 1.00 bits per heavy atom. The van der Waals surface area contributed by atoms with E-state index in [-0.39, 0.29) is 11.7 Å². The average molecular weight is 278 g/mol. The van der Waals surface area contributed by atoms with E-state index >= 15 is 0 Å². The molecule has 0 amide bonds. The van der Waals surface area contributed by atoms with E-state index in [1.807, 2.05) is 48.5 Å². The lowest BCUT2D eigenvalue weighted by molar-refractivity contribution is 0.0956. The minimum atomic E-state index is 0.0785. The molecular weight excluding hydrogens is 264 g/mol. The molecule has 0 bridgehead atoms. The van der Waals surface area contributed by atoms with Gasteiger partial charge in [0.1, 0.15) is 17.3 Å². The van der Waals surface area contributed by atoms with E-state index in [2.05, 4.69) is 0 Å². The summed E-state index contributed by atoms with van der Waals surface area (Å²) in [5.74, 6) is 2.59. The highest BCUT2D eigenvalue weighted by atomic mass is 16.3. The maximum Gasteiger partial charge on any atom is 0.167 e. The van der Waals surface area contributed by atoms with Crippen molar-refractivity contribution in [3.05, 3.63) is 71.9 Å². The van der Waals surface area contributed by atoms with Crippen LogP contribution in [0, 0.1) is 0 Å². The summed E-state index contributed by atoms with van der Waals surface area (Å²) >= 11 is 0. The first-order valence-electron chi connectivity index (χ1n) is 7.06. The first-order valence-corrected chi connectivity index (χ1v) is 7.06. The maximum atomic E-state index is 12.3. The van der Waals surface area contributed by atoms with Crippen molar-refractivity contribution in [3.63, 3.8) is 0 Å². The van der Waals surface area contributed by atoms with Gasteiger partial charge in [0.15, 0.2) is 5.78 Å². The summed E-state index contributed by atoms with van der Waals surface area (Å²) in [6.45, 7) is 0. The molecule has 0 spiro atoms. The highest BCUT2D eigenvalue weighted by Gasteiger charge is 2.31. The van der Waals surface area contributed by atoms with Gasteiger partial charge in [-0.2, -0.15) is 0 Å². The van der Waals surface area contributed by atoms with Crippen LogP contribution in [0.15, 0.2) is 63.6 Å². The normalized spacial score (nSPS) is 17.7. The second kappa shape index (κ2) is 4.77. The van der Waals surface area contributed by atoms with Crippen molar-refractivity contribution >= 4 is 5.78 Å². The fraction of sp³-hybridized carbons (Fsp3) is 0.167. The van der Waals surface area contributed by atoms with Gasteiger partial charge >= 0.3 is 0 Å². The predicted octanol–water partition coefficient (Wildman–Crippen LogP) is 4.45. The Morgan fingerprint density at radius 2 is 1.86 bits per heavy atom. The fourth-order valence-corrected chi connectivity index (χ4v) is 2.92. The summed E-state index contributed by atoms with van der Waals surface area (Å²) in [5.41, 5.74) is 1.71. The second-order valence-corrected chi connectivity index (χ2v) is 5.36. The Balaban J connectivity index is 1.71. The number of ketones is 1. The van der Waals surface area contributed by atoms with Gasteiger partial charge in [0.25, 0.3) is 0 Å². The molecule has 3 nitrogen and oxygen atoms in total. The first-order chi connectivity index (χ1) is 10.3. The number of carbonyl (C=O) groups is 1. The van der Waals surface area contributed by atoms with Gasteiger partial charge in [-0.25, -0.2) is 0 Å². The molecule has 0 fully saturated rings. The monoisotopic (exact) mass is 278 g/mol. The summed E-state index contributed by atoms with van der Waals surface area (Å²) in [6.07, 6.45) is 2.84. The van der Waals surface area contributed by atoms with E-state index in [0.29, 0.717) is 12.8 Å². The molecule has 2 heterocycles. The average Bonchev–Trinajstić information content (AvgIpc) is 3.17. The predicted molar refractivity (Wildman–Crippen MR) is 78.2 cm³/mol. The summed E-state index contributed by atoms with van der Waals surface area (Å²) < 4.78 is 11.4.